The lowest BCUT2D eigenvalue weighted by atomic mass is 9.90. The number of rotatable bonds is 3. The van der Waals surface area contributed by atoms with Crippen LogP contribution in [0.15, 0.2) is 53.9 Å². The number of fused-ring (bicyclic) bond motifs is 2. The van der Waals surface area contributed by atoms with E-state index >= 15 is 0 Å². The monoisotopic (exact) mass is 350 g/mol. The topological polar surface area (TPSA) is 93.7 Å². The van der Waals surface area contributed by atoms with Gasteiger partial charge in [-0.25, -0.2) is 0 Å². The molecule has 0 bridgehead atoms. The highest BCUT2D eigenvalue weighted by Crippen LogP contribution is 2.35. The van der Waals surface area contributed by atoms with Gasteiger partial charge in [0.05, 0.1) is 0 Å². The summed E-state index contributed by atoms with van der Waals surface area (Å²) in [6.45, 7) is 1.41. The SMILES string of the molecule is CC(=O)NC1=C(Nc2ccc3c(c2)OCO3)C(=O)c2ccccc2C1=O. The van der Waals surface area contributed by atoms with E-state index in [0.29, 0.717) is 17.2 Å². The van der Waals surface area contributed by atoms with Crippen molar-refractivity contribution in [3.8, 4) is 11.5 Å². The number of carbonyl (C=O) groups is 3. The molecule has 0 unspecified atom stereocenters. The third-order valence-corrected chi connectivity index (χ3v) is 4.06. The van der Waals surface area contributed by atoms with Crippen LogP contribution in [0, 0.1) is 0 Å². The summed E-state index contributed by atoms with van der Waals surface area (Å²) in [4.78, 5) is 37.2. The van der Waals surface area contributed by atoms with Crippen molar-refractivity contribution in [3.63, 3.8) is 0 Å². The van der Waals surface area contributed by atoms with Gasteiger partial charge in [-0.05, 0) is 12.1 Å². The molecule has 1 heterocycles. The summed E-state index contributed by atoms with van der Waals surface area (Å²) in [5.74, 6) is -0.0968. The molecular weight excluding hydrogens is 336 g/mol. The number of anilines is 1. The maximum Gasteiger partial charge on any atom is 0.231 e. The van der Waals surface area contributed by atoms with Crippen molar-refractivity contribution in [1.29, 1.82) is 0 Å². The highest BCUT2D eigenvalue weighted by Gasteiger charge is 2.33. The summed E-state index contributed by atoms with van der Waals surface area (Å²) < 4.78 is 10.6. The molecule has 0 radical (unpaired) electrons. The Balaban J connectivity index is 1.78. The summed E-state index contributed by atoms with van der Waals surface area (Å²) in [5, 5.41) is 5.42. The molecule has 0 spiro atoms. The number of allylic oxidation sites excluding steroid dienone is 2. The molecule has 4 rings (SSSR count). The van der Waals surface area contributed by atoms with E-state index in [1.165, 1.54) is 6.92 Å². The maximum atomic E-state index is 12.9. The fourth-order valence-electron chi connectivity index (χ4n) is 2.91. The summed E-state index contributed by atoms with van der Waals surface area (Å²) in [6.07, 6.45) is 0. The largest absolute Gasteiger partial charge is 0.454 e. The number of amides is 1. The maximum absolute atomic E-state index is 12.9. The van der Waals surface area contributed by atoms with Crippen molar-refractivity contribution < 1.29 is 23.9 Å². The van der Waals surface area contributed by atoms with Crippen LogP contribution >= 0.6 is 0 Å². The lowest BCUT2D eigenvalue weighted by Crippen LogP contribution is -2.35. The van der Waals surface area contributed by atoms with E-state index in [2.05, 4.69) is 10.6 Å². The lowest BCUT2D eigenvalue weighted by Gasteiger charge is -2.22. The number of ether oxygens (including phenoxy) is 2. The molecule has 0 fully saturated rings. The second-order valence-electron chi connectivity index (χ2n) is 5.83. The Bertz CT molecular complexity index is 993. The molecule has 26 heavy (non-hydrogen) atoms. The fraction of sp³-hybridized carbons (Fsp3) is 0.105. The van der Waals surface area contributed by atoms with Gasteiger partial charge in [-0.3, -0.25) is 14.4 Å². The molecule has 2 aromatic rings. The third-order valence-electron chi connectivity index (χ3n) is 4.06. The minimum atomic E-state index is -0.439. The van der Waals surface area contributed by atoms with E-state index in [1.807, 2.05) is 0 Å². The molecule has 0 atom stereocenters. The number of carbonyl (C=O) groups excluding carboxylic acids is 3. The predicted octanol–water partition coefficient (Wildman–Crippen LogP) is 2.25. The Hall–Kier alpha value is -3.61. The Kier molecular flexibility index (Phi) is 3.69. The van der Waals surface area contributed by atoms with Crippen molar-refractivity contribution in [2.24, 2.45) is 0 Å². The predicted molar refractivity (Wildman–Crippen MR) is 92.1 cm³/mol. The lowest BCUT2D eigenvalue weighted by molar-refractivity contribution is -0.118. The number of hydrogen-bond acceptors (Lipinski definition) is 6. The zero-order chi connectivity index (χ0) is 18.3. The molecule has 0 saturated carbocycles. The van der Waals surface area contributed by atoms with Gasteiger partial charge in [0.1, 0.15) is 11.4 Å². The van der Waals surface area contributed by atoms with Crippen molar-refractivity contribution in [2.45, 2.75) is 6.92 Å². The number of nitrogens with one attached hydrogen (secondary N) is 2. The van der Waals surface area contributed by atoms with Crippen LogP contribution in [0.1, 0.15) is 27.6 Å². The summed E-state index contributed by atoms with van der Waals surface area (Å²) >= 11 is 0. The van der Waals surface area contributed by atoms with Crippen molar-refractivity contribution >= 4 is 23.2 Å². The number of benzene rings is 2. The van der Waals surface area contributed by atoms with Gasteiger partial charge in [0, 0.05) is 29.8 Å². The average Bonchev–Trinajstić information content (AvgIpc) is 3.10. The Morgan fingerprint density at radius 1 is 0.923 bits per heavy atom. The summed E-state index contributed by atoms with van der Waals surface area (Å²) in [5.41, 5.74) is 1.03. The zero-order valence-electron chi connectivity index (χ0n) is 13.8. The van der Waals surface area contributed by atoms with Gasteiger partial charge in [0.2, 0.25) is 24.3 Å². The standard InChI is InChI=1S/C19H14N2O5/c1-10(22)20-16-17(19(24)13-5-3-2-4-12(13)18(16)23)21-11-6-7-14-15(8-11)26-9-25-14/h2-8,21H,9H2,1H3,(H,20,22). The Morgan fingerprint density at radius 2 is 1.58 bits per heavy atom. The minimum absolute atomic E-state index is 0.0164. The first-order valence-electron chi connectivity index (χ1n) is 7.91. The molecule has 1 aliphatic carbocycles. The van der Waals surface area contributed by atoms with Crippen LogP contribution in [0.4, 0.5) is 5.69 Å². The molecule has 2 aromatic carbocycles. The van der Waals surface area contributed by atoms with Gasteiger partial charge < -0.3 is 20.1 Å². The summed E-state index contributed by atoms with van der Waals surface area (Å²) in [6, 6.07) is 11.6. The van der Waals surface area contributed by atoms with Crippen LogP contribution in [0.3, 0.4) is 0 Å². The quantitative estimate of drug-likeness (QED) is 0.882. The number of ketones is 2. The van der Waals surface area contributed by atoms with E-state index in [0.717, 1.165) is 0 Å². The van der Waals surface area contributed by atoms with Crippen LogP contribution in [0.5, 0.6) is 11.5 Å². The highest BCUT2D eigenvalue weighted by atomic mass is 16.7. The van der Waals surface area contributed by atoms with Gasteiger partial charge >= 0.3 is 0 Å². The van der Waals surface area contributed by atoms with E-state index in [9.17, 15) is 14.4 Å². The highest BCUT2D eigenvalue weighted by molar-refractivity contribution is 6.28. The van der Waals surface area contributed by atoms with E-state index in [4.69, 9.17) is 9.47 Å². The average molecular weight is 350 g/mol. The molecule has 0 saturated heterocycles. The summed E-state index contributed by atoms with van der Waals surface area (Å²) in [7, 11) is 0. The first-order chi connectivity index (χ1) is 12.5. The van der Waals surface area contributed by atoms with Crippen LogP contribution in [-0.4, -0.2) is 24.3 Å². The molecule has 0 aromatic heterocycles. The third kappa shape index (κ3) is 2.59. The Labute approximate surface area is 148 Å². The molecule has 2 N–H and O–H groups in total. The normalized spacial score (nSPS) is 15.0. The van der Waals surface area contributed by atoms with Crippen LogP contribution in [0.25, 0.3) is 0 Å². The zero-order valence-corrected chi connectivity index (χ0v) is 13.8. The van der Waals surface area contributed by atoms with E-state index in [-0.39, 0.29) is 35.1 Å². The minimum Gasteiger partial charge on any atom is -0.454 e. The molecule has 7 heteroatoms. The second-order valence-corrected chi connectivity index (χ2v) is 5.83. The molecule has 130 valence electrons. The van der Waals surface area contributed by atoms with Gasteiger partial charge in [-0.1, -0.05) is 24.3 Å². The molecule has 1 aliphatic heterocycles. The first-order valence-corrected chi connectivity index (χ1v) is 7.91. The smallest absolute Gasteiger partial charge is 0.231 e. The van der Waals surface area contributed by atoms with Crippen LogP contribution in [-0.2, 0) is 4.79 Å². The number of Topliss-reactive ketones (excluding diaryl/α,β-unsaturated/α-hetero) is 2. The molecular formula is C19H14N2O5. The molecule has 7 nitrogen and oxygen atoms in total. The second kappa shape index (κ2) is 6.03. The fourth-order valence-corrected chi connectivity index (χ4v) is 2.91. The Morgan fingerprint density at radius 3 is 2.27 bits per heavy atom. The van der Waals surface area contributed by atoms with Crippen molar-refractivity contribution in [2.75, 3.05) is 12.1 Å². The van der Waals surface area contributed by atoms with Crippen molar-refractivity contribution in [3.05, 3.63) is 65.0 Å². The first kappa shape index (κ1) is 15.9. The van der Waals surface area contributed by atoms with Gasteiger partial charge in [-0.15, -0.1) is 0 Å². The van der Waals surface area contributed by atoms with Crippen LogP contribution in [0.2, 0.25) is 0 Å². The van der Waals surface area contributed by atoms with Gasteiger partial charge in [0.15, 0.2) is 11.5 Å². The van der Waals surface area contributed by atoms with Gasteiger partial charge in [-0.2, -0.15) is 0 Å². The molecule has 1 amide bonds. The molecule has 2 aliphatic rings. The number of hydrogen-bond donors (Lipinski definition) is 2. The van der Waals surface area contributed by atoms with Crippen molar-refractivity contribution in [1.82, 2.24) is 5.32 Å². The van der Waals surface area contributed by atoms with E-state index in [1.54, 1.807) is 42.5 Å². The van der Waals surface area contributed by atoms with Crippen LogP contribution < -0.4 is 20.1 Å². The van der Waals surface area contributed by atoms with E-state index < -0.39 is 11.7 Å². The van der Waals surface area contributed by atoms with Gasteiger partial charge in [0.25, 0.3) is 0 Å².